The van der Waals surface area contributed by atoms with Crippen LogP contribution in [-0.4, -0.2) is 32.7 Å². The molecule has 3 heterocycles. The van der Waals surface area contributed by atoms with Crippen LogP contribution in [0.1, 0.15) is 24.3 Å². The Morgan fingerprint density at radius 1 is 1.38 bits per heavy atom. The maximum absolute atomic E-state index is 11.7. The summed E-state index contributed by atoms with van der Waals surface area (Å²) in [5, 5.41) is 4.04. The molecular weight excluding hydrogens is 268 g/mol. The van der Waals surface area contributed by atoms with Crippen molar-refractivity contribution in [2.45, 2.75) is 32.9 Å². The van der Waals surface area contributed by atoms with E-state index in [0.717, 1.165) is 50.5 Å². The molecule has 2 aromatic heterocycles. The third-order valence-corrected chi connectivity index (χ3v) is 4.02. The lowest BCUT2D eigenvalue weighted by molar-refractivity contribution is 0.163. The lowest BCUT2D eigenvalue weighted by Gasteiger charge is -2.31. The van der Waals surface area contributed by atoms with Crippen LogP contribution in [0, 0.1) is 12.8 Å². The molecule has 0 aromatic carbocycles. The van der Waals surface area contributed by atoms with Crippen LogP contribution in [0.2, 0.25) is 0 Å². The average molecular weight is 288 g/mol. The molecule has 1 aliphatic heterocycles. The minimum absolute atomic E-state index is 0.0329. The molecule has 0 amide bonds. The van der Waals surface area contributed by atoms with Gasteiger partial charge in [0.15, 0.2) is 0 Å². The van der Waals surface area contributed by atoms with Crippen molar-refractivity contribution in [3.05, 3.63) is 46.5 Å². The highest BCUT2D eigenvalue weighted by molar-refractivity contribution is 5.03. The van der Waals surface area contributed by atoms with Gasteiger partial charge in [-0.05, 0) is 38.8 Å². The first-order chi connectivity index (χ1) is 10.2. The van der Waals surface area contributed by atoms with Gasteiger partial charge in [-0.25, -0.2) is 4.98 Å². The van der Waals surface area contributed by atoms with Gasteiger partial charge in [0.1, 0.15) is 5.76 Å². The molecule has 0 radical (unpaired) electrons. The lowest BCUT2D eigenvalue weighted by Crippen LogP contribution is -2.36. The molecule has 6 heteroatoms. The van der Waals surface area contributed by atoms with Crippen molar-refractivity contribution in [2.75, 3.05) is 13.1 Å². The van der Waals surface area contributed by atoms with E-state index in [1.54, 1.807) is 17.1 Å². The van der Waals surface area contributed by atoms with Crippen LogP contribution in [0.5, 0.6) is 0 Å². The molecule has 1 fully saturated rings. The largest absolute Gasteiger partial charge is 0.361 e. The van der Waals surface area contributed by atoms with Crippen LogP contribution in [0.4, 0.5) is 0 Å². The number of piperidine rings is 1. The van der Waals surface area contributed by atoms with E-state index >= 15 is 0 Å². The van der Waals surface area contributed by atoms with Crippen LogP contribution >= 0.6 is 0 Å². The molecule has 0 N–H and O–H groups in total. The average Bonchev–Trinajstić information content (AvgIpc) is 2.89. The van der Waals surface area contributed by atoms with E-state index in [1.165, 1.54) is 6.07 Å². The molecule has 21 heavy (non-hydrogen) atoms. The van der Waals surface area contributed by atoms with Gasteiger partial charge in [0.05, 0.1) is 12.0 Å². The molecule has 0 atom stereocenters. The molecular formula is C15H20N4O2. The summed E-state index contributed by atoms with van der Waals surface area (Å²) in [6.07, 6.45) is 5.37. The van der Waals surface area contributed by atoms with Gasteiger partial charge in [0.2, 0.25) is 0 Å². The Balaban J connectivity index is 1.51. The minimum Gasteiger partial charge on any atom is -0.361 e. The maximum atomic E-state index is 11.7. The third-order valence-electron chi connectivity index (χ3n) is 4.02. The number of aryl methyl sites for hydroxylation is 1. The van der Waals surface area contributed by atoms with E-state index in [4.69, 9.17) is 4.52 Å². The molecule has 0 saturated carbocycles. The number of likely N-dealkylation sites (tertiary alicyclic amines) is 1. The second kappa shape index (κ2) is 6.22. The quantitative estimate of drug-likeness (QED) is 0.852. The molecule has 1 aliphatic rings. The highest BCUT2D eigenvalue weighted by Crippen LogP contribution is 2.20. The molecule has 0 unspecified atom stereocenters. The molecule has 112 valence electrons. The number of aromatic nitrogens is 3. The first-order valence-corrected chi connectivity index (χ1v) is 7.36. The van der Waals surface area contributed by atoms with E-state index in [-0.39, 0.29) is 5.56 Å². The zero-order valence-electron chi connectivity index (χ0n) is 12.2. The second-order valence-electron chi connectivity index (χ2n) is 5.72. The fourth-order valence-electron chi connectivity index (χ4n) is 2.84. The summed E-state index contributed by atoms with van der Waals surface area (Å²) >= 11 is 0. The summed E-state index contributed by atoms with van der Waals surface area (Å²) in [5.74, 6) is 1.40. The van der Waals surface area contributed by atoms with Crippen molar-refractivity contribution < 1.29 is 4.52 Å². The first kappa shape index (κ1) is 14.0. The van der Waals surface area contributed by atoms with E-state index < -0.39 is 0 Å². The van der Waals surface area contributed by atoms with Crippen LogP contribution in [0.15, 0.2) is 34.0 Å². The van der Waals surface area contributed by atoms with Gasteiger partial charge in [-0.3, -0.25) is 14.3 Å². The Bertz CT molecular complexity index is 641. The zero-order chi connectivity index (χ0) is 14.7. The monoisotopic (exact) mass is 288 g/mol. The fraction of sp³-hybridized carbons (Fsp3) is 0.533. The predicted octanol–water partition coefficient (Wildman–Crippen LogP) is 1.45. The van der Waals surface area contributed by atoms with E-state index in [0.29, 0.717) is 5.92 Å². The number of hydrogen-bond donors (Lipinski definition) is 0. The Labute approximate surface area is 123 Å². The third kappa shape index (κ3) is 3.58. The van der Waals surface area contributed by atoms with Crippen LogP contribution < -0.4 is 5.56 Å². The SMILES string of the molecule is Cc1cc(CN2CCC(Cn3cnccc3=O)CC2)no1. The van der Waals surface area contributed by atoms with Gasteiger partial charge in [0, 0.05) is 31.4 Å². The van der Waals surface area contributed by atoms with Crippen LogP contribution in [0.3, 0.4) is 0 Å². The van der Waals surface area contributed by atoms with Crippen molar-refractivity contribution in [2.24, 2.45) is 5.92 Å². The fourth-order valence-corrected chi connectivity index (χ4v) is 2.84. The van der Waals surface area contributed by atoms with Gasteiger partial charge >= 0.3 is 0 Å². The molecule has 0 bridgehead atoms. The zero-order valence-corrected chi connectivity index (χ0v) is 12.2. The van der Waals surface area contributed by atoms with Gasteiger partial charge in [-0.15, -0.1) is 0 Å². The van der Waals surface area contributed by atoms with Crippen molar-refractivity contribution in [1.29, 1.82) is 0 Å². The Morgan fingerprint density at radius 2 is 2.19 bits per heavy atom. The Kier molecular flexibility index (Phi) is 4.15. The summed E-state index contributed by atoms with van der Waals surface area (Å²) in [5.41, 5.74) is 1.03. The number of nitrogens with zero attached hydrogens (tertiary/aromatic N) is 4. The van der Waals surface area contributed by atoms with Gasteiger partial charge < -0.3 is 4.52 Å². The standard InChI is InChI=1S/C15H20N4O2/c1-12-8-14(17-21-12)10-18-6-3-13(4-7-18)9-19-11-16-5-2-15(19)20/h2,5,8,11,13H,3-4,6-7,9-10H2,1H3. The Hall–Kier alpha value is -1.95. The normalized spacial score (nSPS) is 17.2. The summed E-state index contributed by atoms with van der Waals surface area (Å²) in [6.45, 7) is 5.59. The predicted molar refractivity (Wildman–Crippen MR) is 77.7 cm³/mol. The summed E-state index contributed by atoms with van der Waals surface area (Å²) in [4.78, 5) is 18.1. The summed E-state index contributed by atoms with van der Waals surface area (Å²) < 4.78 is 6.81. The highest BCUT2D eigenvalue weighted by Gasteiger charge is 2.20. The van der Waals surface area contributed by atoms with Crippen molar-refractivity contribution >= 4 is 0 Å². The topological polar surface area (TPSA) is 64.2 Å². The molecule has 0 aliphatic carbocycles. The smallest absolute Gasteiger partial charge is 0.253 e. The molecule has 6 nitrogen and oxygen atoms in total. The molecule has 1 saturated heterocycles. The summed E-state index contributed by atoms with van der Waals surface area (Å²) in [7, 11) is 0. The molecule has 0 spiro atoms. The van der Waals surface area contributed by atoms with Crippen molar-refractivity contribution in [3.8, 4) is 0 Å². The van der Waals surface area contributed by atoms with Gasteiger partial charge in [-0.2, -0.15) is 0 Å². The Morgan fingerprint density at radius 3 is 2.86 bits per heavy atom. The highest BCUT2D eigenvalue weighted by atomic mass is 16.5. The molecule has 2 aromatic rings. The van der Waals surface area contributed by atoms with E-state index in [1.807, 2.05) is 13.0 Å². The first-order valence-electron chi connectivity index (χ1n) is 7.36. The van der Waals surface area contributed by atoms with Crippen molar-refractivity contribution in [1.82, 2.24) is 19.6 Å². The number of hydrogen-bond acceptors (Lipinski definition) is 5. The summed E-state index contributed by atoms with van der Waals surface area (Å²) in [6, 6.07) is 3.50. The lowest BCUT2D eigenvalue weighted by atomic mass is 9.96. The van der Waals surface area contributed by atoms with Crippen LogP contribution in [-0.2, 0) is 13.1 Å². The van der Waals surface area contributed by atoms with Gasteiger partial charge in [-0.1, -0.05) is 5.16 Å². The minimum atomic E-state index is 0.0329. The van der Waals surface area contributed by atoms with Gasteiger partial charge in [0.25, 0.3) is 5.56 Å². The van der Waals surface area contributed by atoms with E-state index in [2.05, 4.69) is 15.0 Å². The molecule has 3 rings (SSSR count). The van der Waals surface area contributed by atoms with E-state index in [9.17, 15) is 4.79 Å². The number of rotatable bonds is 4. The van der Waals surface area contributed by atoms with Crippen molar-refractivity contribution in [3.63, 3.8) is 0 Å². The second-order valence-corrected chi connectivity index (χ2v) is 5.72. The van der Waals surface area contributed by atoms with Crippen LogP contribution in [0.25, 0.3) is 0 Å². The maximum Gasteiger partial charge on any atom is 0.253 e.